The molecule has 0 saturated heterocycles. The number of aryl methyl sites for hydroxylation is 1. The minimum atomic E-state index is -0.779. The summed E-state index contributed by atoms with van der Waals surface area (Å²) >= 11 is 0. The van der Waals surface area contributed by atoms with Gasteiger partial charge in [0.25, 0.3) is 0 Å². The van der Waals surface area contributed by atoms with E-state index in [9.17, 15) is 9.59 Å². The Morgan fingerprint density at radius 2 is 1.81 bits per heavy atom. The van der Waals surface area contributed by atoms with E-state index in [1.807, 2.05) is 12.1 Å². The Kier molecular flexibility index (Phi) is 5.76. The van der Waals surface area contributed by atoms with Crippen molar-refractivity contribution in [3.05, 3.63) is 29.8 Å². The number of carbonyl (C=O) groups is 2. The van der Waals surface area contributed by atoms with Gasteiger partial charge in [0.1, 0.15) is 5.60 Å². The molecule has 0 fully saturated rings. The maximum atomic E-state index is 11.6. The van der Waals surface area contributed by atoms with Crippen molar-refractivity contribution in [1.82, 2.24) is 0 Å². The Bertz CT molecular complexity index is 488. The van der Waals surface area contributed by atoms with Crippen molar-refractivity contribution < 1.29 is 19.4 Å². The number of aliphatic carboxylic acids is 1. The first kappa shape index (κ1) is 17.0. The number of ether oxygens (including phenoxy) is 1. The average molecular weight is 293 g/mol. The number of rotatable bonds is 5. The van der Waals surface area contributed by atoms with E-state index in [0.29, 0.717) is 18.5 Å². The van der Waals surface area contributed by atoms with Gasteiger partial charge in [-0.15, -0.1) is 0 Å². The van der Waals surface area contributed by atoms with Crippen molar-refractivity contribution in [2.45, 2.75) is 46.1 Å². The topological polar surface area (TPSA) is 75.6 Å². The lowest BCUT2D eigenvalue weighted by Gasteiger charge is -2.19. The van der Waals surface area contributed by atoms with Gasteiger partial charge in [-0.3, -0.25) is 10.1 Å². The largest absolute Gasteiger partial charge is 0.481 e. The van der Waals surface area contributed by atoms with Crippen molar-refractivity contribution in [3.63, 3.8) is 0 Å². The van der Waals surface area contributed by atoms with Gasteiger partial charge in [0, 0.05) is 5.69 Å². The molecule has 2 N–H and O–H groups in total. The molecule has 0 aliphatic carbocycles. The van der Waals surface area contributed by atoms with Crippen LogP contribution in [-0.4, -0.2) is 22.8 Å². The van der Waals surface area contributed by atoms with Crippen LogP contribution in [0.3, 0.4) is 0 Å². The minimum absolute atomic E-state index is 0.357. The van der Waals surface area contributed by atoms with Crippen LogP contribution in [0.1, 0.15) is 39.7 Å². The highest BCUT2D eigenvalue weighted by atomic mass is 16.6. The molecule has 1 atom stereocenters. The predicted molar refractivity (Wildman–Crippen MR) is 81.4 cm³/mol. The molecule has 0 aliphatic rings. The van der Waals surface area contributed by atoms with E-state index in [4.69, 9.17) is 9.84 Å². The van der Waals surface area contributed by atoms with Gasteiger partial charge in [-0.25, -0.2) is 4.79 Å². The second kappa shape index (κ2) is 7.11. The normalized spacial score (nSPS) is 12.6. The lowest BCUT2D eigenvalue weighted by molar-refractivity contribution is -0.141. The fraction of sp³-hybridized carbons (Fsp3) is 0.500. The van der Waals surface area contributed by atoms with E-state index in [1.165, 1.54) is 0 Å². The number of carboxylic acids is 1. The molecule has 1 aromatic rings. The molecule has 1 unspecified atom stereocenters. The molecule has 0 aromatic heterocycles. The van der Waals surface area contributed by atoms with Crippen LogP contribution in [0.25, 0.3) is 0 Å². The molecule has 1 rings (SSSR count). The summed E-state index contributed by atoms with van der Waals surface area (Å²) in [5.74, 6) is -1.14. The smallest absolute Gasteiger partial charge is 0.412 e. The summed E-state index contributed by atoms with van der Waals surface area (Å²) in [5.41, 5.74) is 1.16. The summed E-state index contributed by atoms with van der Waals surface area (Å²) in [7, 11) is 0. The zero-order valence-electron chi connectivity index (χ0n) is 13.0. The number of benzene rings is 1. The molecule has 0 heterocycles. The highest BCUT2D eigenvalue weighted by Crippen LogP contribution is 2.15. The lowest BCUT2D eigenvalue weighted by atomic mass is 10.0. The molecule has 116 valence electrons. The Morgan fingerprint density at radius 1 is 1.24 bits per heavy atom. The Balaban J connectivity index is 2.50. The molecular weight excluding hydrogens is 270 g/mol. The summed E-state index contributed by atoms with van der Waals surface area (Å²) in [5, 5.41) is 11.5. The number of carboxylic acid groups (broad SMARTS) is 1. The SMILES string of the molecule is CC(CCc1ccc(NC(=O)OC(C)(C)C)cc1)C(=O)O. The monoisotopic (exact) mass is 293 g/mol. The fourth-order valence-electron chi connectivity index (χ4n) is 1.68. The molecule has 0 bridgehead atoms. The van der Waals surface area contributed by atoms with E-state index in [-0.39, 0.29) is 5.92 Å². The summed E-state index contributed by atoms with van der Waals surface area (Å²) in [6, 6.07) is 7.32. The highest BCUT2D eigenvalue weighted by molar-refractivity contribution is 5.84. The van der Waals surface area contributed by atoms with E-state index >= 15 is 0 Å². The van der Waals surface area contributed by atoms with Crippen molar-refractivity contribution in [2.75, 3.05) is 5.32 Å². The molecule has 5 nitrogen and oxygen atoms in total. The van der Waals surface area contributed by atoms with E-state index in [2.05, 4.69) is 5.32 Å². The van der Waals surface area contributed by atoms with E-state index < -0.39 is 17.7 Å². The van der Waals surface area contributed by atoms with Gasteiger partial charge in [0.15, 0.2) is 0 Å². The Morgan fingerprint density at radius 3 is 2.29 bits per heavy atom. The lowest BCUT2D eigenvalue weighted by Crippen LogP contribution is -2.27. The van der Waals surface area contributed by atoms with Crippen LogP contribution >= 0.6 is 0 Å². The number of anilines is 1. The maximum absolute atomic E-state index is 11.6. The summed E-state index contributed by atoms with van der Waals surface area (Å²) in [6.07, 6.45) is 0.795. The van der Waals surface area contributed by atoms with Gasteiger partial charge < -0.3 is 9.84 Å². The number of hydrogen-bond donors (Lipinski definition) is 2. The first-order chi connectivity index (χ1) is 9.67. The number of hydrogen-bond acceptors (Lipinski definition) is 3. The molecule has 1 aromatic carbocycles. The van der Waals surface area contributed by atoms with Crippen LogP contribution in [0.15, 0.2) is 24.3 Å². The molecule has 0 saturated carbocycles. The van der Waals surface area contributed by atoms with Crippen LogP contribution < -0.4 is 5.32 Å². The zero-order valence-corrected chi connectivity index (χ0v) is 13.0. The quantitative estimate of drug-likeness (QED) is 0.868. The second-order valence-corrected chi connectivity index (χ2v) is 6.10. The van der Waals surface area contributed by atoms with Crippen LogP contribution in [-0.2, 0) is 16.0 Å². The van der Waals surface area contributed by atoms with Gasteiger partial charge in [0.2, 0.25) is 0 Å². The van der Waals surface area contributed by atoms with Crippen LogP contribution in [0, 0.1) is 5.92 Å². The van der Waals surface area contributed by atoms with Gasteiger partial charge in [-0.05, 0) is 51.3 Å². The van der Waals surface area contributed by atoms with Crippen LogP contribution in [0.2, 0.25) is 0 Å². The van der Waals surface area contributed by atoms with Gasteiger partial charge in [-0.1, -0.05) is 19.1 Å². The van der Waals surface area contributed by atoms with Crippen molar-refractivity contribution >= 4 is 17.7 Å². The number of amides is 1. The standard InChI is InChI=1S/C16H23NO4/c1-11(14(18)19)5-6-12-7-9-13(10-8-12)17-15(20)21-16(2,3)4/h7-11H,5-6H2,1-4H3,(H,17,20)(H,18,19). The van der Waals surface area contributed by atoms with Crippen molar-refractivity contribution in [1.29, 1.82) is 0 Å². The van der Waals surface area contributed by atoms with Gasteiger partial charge in [-0.2, -0.15) is 0 Å². The predicted octanol–water partition coefficient (Wildman–Crippen LogP) is 3.69. The molecule has 21 heavy (non-hydrogen) atoms. The Labute approximate surface area is 125 Å². The van der Waals surface area contributed by atoms with Crippen LogP contribution in [0.4, 0.5) is 10.5 Å². The third-order valence-electron chi connectivity index (χ3n) is 2.89. The average Bonchev–Trinajstić information content (AvgIpc) is 2.35. The molecule has 0 radical (unpaired) electrons. The summed E-state index contributed by atoms with van der Waals surface area (Å²) < 4.78 is 5.16. The fourth-order valence-corrected chi connectivity index (χ4v) is 1.68. The molecular formula is C16H23NO4. The molecule has 0 spiro atoms. The molecule has 0 aliphatic heterocycles. The van der Waals surface area contributed by atoms with E-state index in [1.54, 1.807) is 39.8 Å². The Hall–Kier alpha value is -2.04. The molecule has 1 amide bonds. The number of carbonyl (C=O) groups excluding carboxylic acids is 1. The van der Waals surface area contributed by atoms with Gasteiger partial charge >= 0.3 is 12.1 Å². The third-order valence-corrected chi connectivity index (χ3v) is 2.89. The van der Waals surface area contributed by atoms with Crippen molar-refractivity contribution in [3.8, 4) is 0 Å². The second-order valence-electron chi connectivity index (χ2n) is 6.10. The van der Waals surface area contributed by atoms with Gasteiger partial charge in [0.05, 0.1) is 5.92 Å². The molecule has 5 heteroatoms. The summed E-state index contributed by atoms with van der Waals surface area (Å²) in [4.78, 5) is 22.4. The van der Waals surface area contributed by atoms with E-state index in [0.717, 1.165) is 5.56 Å². The van der Waals surface area contributed by atoms with Crippen LogP contribution in [0.5, 0.6) is 0 Å². The minimum Gasteiger partial charge on any atom is -0.481 e. The summed E-state index contributed by atoms with van der Waals surface area (Å²) in [6.45, 7) is 7.11. The zero-order chi connectivity index (χ0) is 16.0. The highest BCUT2D eigenvalue weighted by Gasteiger charge is 2.16. The van der Waals surface area contributed by atoms with Crippen molar-refractivity contribution in [2.24, 2.45) is 5.92 Å². The first-order valence-electron chi connectivity index (χ1n) is 6.99. The third kappa shape index (κ3) is 6.79. The number of nitrogens with one attached hydrogen (secondary N) is 1. The first-order valence-corrected chi connectivity index (χ1v) is 6.99. The maximum Gasteiger partial charge on any atom is 0.412 e.